The van der Waals surface area contributed by atoms with Crippen molar-refractivity contribution < 1.29 is 0 Å². The van der Waals surface area contributed by atoms with Crippen LogP contribution in [0, 0.1) is 0 Å². The lowest BCUT2D eigenvalue weighted by molar-refractivity contribution is 0.761. The van der Waals surface area contributed by atoms with E-state index in [-0.39, 0.29) is 6.04 Å². The minimum Gasteiger partial charge on any atom is -0.359 e. The summed E-state index contributed by atoms with van der Waals surface area (Å²) in [4.78, 5) is 4.03. The van der Waals surface area contributed by atoms with Crippen LogP contribution in [0.5, 0.6) is 0 Å². The Bertz CT molecular complexity index is 612. The Balaban J connectivity index is 1.92. The molecule has 3 rings (SSSR count). The monoisotopic (exact) mass is 232 g/mol. The molecule has 3 heterocycles. The molecular formula is C7H8N10. The zero-order valence-electron chi connectivity index (χ0n) is 8.81. The van der Waals surface area contributed by atoms with Crippen molar-refractivity contribution in [2.45, 2.75) is 13.0 Å². The molecule has 0 saturated heterocycles. The van der Waals surface area contributed by atoms with Crippen LogP contribution < -0.4 is 5.32 Å². The molecule has 0 aliphatic heterocycles. The number of hydrogen-bond donors (Lipinski definition) is 2. The molecule has 0 aromatic carbocycles. The summed E-state index contributed by atoms with van der Waals surface area (Å²) in [7, 11) is 0. The van der Waals surface area contributed by atoms with Gasteiger partial charge in [0, 0.05) is 0 Å². The van der Waals surface area contributed by atoms with E-state index >= 15 is 0 Å². The summed E-state index contributed by atoms with van der Waals surface area (Å²) in [5.41, 5.74) is 0.565. The highest BCUT2D eigenvalue weighted by Gasteiger charge is 2.12. The van der Waals surface area contributed by atoms with Crippen LogP contribution in [-0.2, 0) is 0 Å². The SMILES string of the molecule is CC(Nc1cncc2nnnn12)c1nn[nH]n1. The summed E-state index contributed by atoms with van der Waals surface area (Å²) in [5, 5.41) is 28.0. The topological polar surface area (TPSA) is 122 Å². The Labute approximate surface area is 94.4 Å². The molecule has 2 N–H and O–H groups in total. The lowest BCUT2D eigenvalue weighted by atomic mass is 10.3. The highest BCUT2D eigenvalue weighted by Crippen LogP contribution is 2.14. The van der Waals surface area contributed by atoms with Crippen molar-refractivity contribution >= 4 is 11.5 Å². The first-order valence-electron chi connectivity index (χ1n) is 4.86. The maximum absolute atomic E-state index is 4.03. The molecule has 0 fully saturated rings. The minimum absolute atomic E-state index is 0.134. The molecule has 3 aromatic heterocycles. The number of tetrazole rings is 2. The zero-order valence-corrected chi connectivity index (χ0v) is 8.81. The first-order valence-corrected chi connectivity index (χ1v) is 4.86. The average molecular weight is 232 g/mol. The molecule has 0 saturated carbocycles. The molecule has 0 bridgehead atoms. The van der Waals surface area contributed by atoms with E-state index in [4.69, 9.17) is 0 Å². The second-order valence-electron chi connectivity index (χ2n) is 3.38. The molecule has 10 heteroatoms. The molecule has 10 nitrogen and oxygen atoms in total. The van der Waals surface area contributed by atoms with Gasteiger partial charge in [0.15, 0.2) is 17.3 Å². The number of nitrogens with zero attached hydrogens (tertiary/aromatic N) is 8. The number of nitrogens with one attached hydrogen (secondary N) is 2. The molecule has 1 unspecified atom stereocenters. The van der Waals surface area contributed by atoms with Gasteiger partial charge in [0.25, 0.3) is 0 Å². The number of aromatic amines is 1. The quantitative estimate of drug-likeness (QED) is 0.602. The van der Waals surface area contributed by atoms with Crippen LogP contribution in [0.2, 0.25) is 0 Å². The molecule has 0 aliphatic carbocycles. The molecule has 0 spiro atoms. The molecular weight excluding hydrogens is 224 g/mol. The van der Waals surface area contributed by atoms with Crippen molar-refractivity contribution in [1.29, 1.82) is 0 Å². The summed E-state index contributed by atoms with van der Waals surface area (Å²) in [6.07, 6.45) is 3.20. The van der Waals surface area contributed by atoms with Crippen LogP contribution in [0.25, 0.3) is 5.65 Å². The fourth-order valence-electron chi connectivity index (χ4n) is 1.41. The highest BCUT2D eigenvalue weighted by atomic mass is 15.5. The maximum atomic E-state index is 4.03. The van der Waals surface area contributed by atoms with Gasteiger partial charge in [-0.2, -0.15) is 9.73 Å². The number of H-pyrrole nitrogens is 1. The van der Waals surface area contributed by atoms with Crippen LogP contribution in [0.4, 0.5) is 5.82 Å². The van der Waals surface area contributed by atoms with Gasteiger partial charge in [0.1, 0.15) is 0 Å². The van der Waals surface area contributed by atoms with Crippen LogP contribution in [0.3, 0.4) is 0 Å². The number of aromatic nitrogens is 9. The van der Waals surface area contributed by atoms with Crippen molar-refractivity contribution in [3.05, 3.63) is 18.2 Å². The fourth-order valence-corrected chi connectivity index (χ4v) is 1.41. The second-order valence-corrected chi connectivity index (χ2v) is 3.38. The lowest BCUT2D eigenvalue weighted by Gasteiger charge is -2.10. The van der Waals surface area contributed by atoms with Gasteiger partial charge in [-0.25, -0.2) is 0 Å². The average Bonchev–Trinajstić information content (AvgIpc) is 3.00. The van der Waals surface area contributed by atoms with E-state index in [0.717, 1.165) is 0 Å². The standard InChI is InChI=1S/C7H8N10/c1-4(7-11-13-14-12-7)9-5-2-8-3-6-10-15-16-17(5)6/h2-4,9H,1H3,(H,11,12,13,14). The molecule has 86 valence electrons. The molecule has 1 atom stereocenters. The lowest BCUT2D eigenvalue weighted by Crippen LogP contribution is -2.12. The Morgan fingerprint density at radius 3 is 3.12 bits per heavy atom. The first-order chi connectivity index (χ1) is 8.34. The van der Waals surface area contributed by atoms with Crippen LogP contribution >= 0.6 is 0 Å². The number of rotatable bonds is 3. The van der Waals surface area contributed by atoms with Gasteiger partial charge >= 0.3 is 0 Å². The summed E-state index contributed by atoms with van der Waals surface area (Å²) >= 11 is 0. The highest BCUT2D eigenvalue weighted by molar-refractivity contribution is 5.44. The summed E-state index contributed by atoms with van der Waals surface area (Å²) in [6.45, 7) is 1.90. The largest absolute Gasteiger partial charge is 0.359 e. The fraction of sp³-hybridized carbons (Fsp3) is 0.286. The van der Waals surface area contributed by atoms with Crippen molar-refractivity contribution in [1.82, 2.24) is 45.6 Å². The van der Waals surface area contributed by atoms with Crippen molar-refractivity contribution in [2.24, 2.45) is 0 Å². The number of fused-ring (bicyclic) bond motifs is 1. The van der Waals surface area contributed by atoms with Gasteiger partial charge in [-0.1, -0.05) is 5.21 Å². The summed E-state index contributed by atoms with van der Waals surface area (Å²) < 4.78 is 1.55. The third-order valence-electron chi connectivity index (χ3n) is 2.22. The predicted molar refractivity (Wildman–Crippen MR) is 54.8 cm³/mol. The normalized spacial score (nSPS) is 12.8. The van der Waals surface area contributed by atoms with Gasteiger partial charge in [0.2, 0.25) is 0 Å². The molecule has 3 aromatic rings. The smallest absolute Gasteiger partial charge is 0.199 e. The minimum atomic E-state index is -0.134. The summed E-state index contributed by atoms with van der Waals surface area (Å²) in [5.74, 6) is 1.21. The van der Waals surface area contributed by atoms with Crippen molar-refractivity contribution in [2.75, 3.05) is 5.32 Å². The maximum Gasteiger partial charge on any atom is 0.199 e. The first kappa shape index (κ1) is 9.57. The van der Waals surface area contributed by atoms with Gasteiger partial charge in [-0.3, -0.25) is 4.98 Å². The van der Waals surface area contributed by atoms with Gasteiger partial charge in [-0.05, 0) is 17.4 Å². The van der Waals surface area contributed by atoms with E-state index in [1.807, 2.05) is 6.92 Å². The van der Waals surface area contributed by atoms with Gasteiger partial charge in [0.05, 0.1) is 18.4 Å². The third-order valence-corrected chi connectivity index (χ3v) is 2.22. The molecule has 17 heavy (non-hydrogen) atoms. The van der Waals surface area contributed by atoms with E-state index in [9.17, 15) is 0 Å². The Kier molecular flexibility index (Phi) is 2.10. The Morgan fingerprint density at radius 1 is 1.35 bits per heavy atom. The molecule has 0 aliphatic rings. The van der Waals surface area contributed by atoms with E-state index in [2.05, 4.69) is 46.5 Å². The zero-order chi connectivity index (χ0) is 11.7. The van der Waals surface area contributed by atoms with Crippen molar-refractivity contribution in [3.63, 3.8) is 0 Å². The number of anilines is 1. The van der Waals surface area contributed by atoms with Gasteiger partial charge in [-0.15, -0.1) is 15.3 Å². The second kappa shape index (κ2) is 3.73. The van der Waals surface area contributed by atoms with E-state index in [0.29, 0.717) is 17.3 Å². The summed E-state index contributed by atoms with van der Waals surface area (Å²) in [6, 6.07) is -0.134. The molecule has 0 radical (unpaired) electrons. The van der Waals surface area contributed by atoms with Crippen LogP contribution in [-0.4, -0.2) is 45.6 Å². The third kappa shape index (κ3) is 1.64. The molecule has 0 amide bonds. The Morgan fingerprint density at radius 2 is 2.29 bits per heavy atom. The van der Waals surface area contributed by atoms with Crippen LogP contribution in [0.1, 0.15) is 18.8 Å². The predicted octanol–water partition coefficient (Wildman–Crippen LogP) is -0.795. The van der Waals surface area contributed by atoms with Crippen molar-refractivity contribution in [3.8, 4) is 0 Å². The van der Waals surface area contributed by atoms with Gasteiger partial charge < -0.3 is 5.32 Å². The van der Waals surface area contributed by atoms with E-state index < -0.39 is 0 Å². The number of hydrogen-bond acceptors (Lipinski definition) is 8. The van der Waals surface area contributed by atoms with Crippen LogP contribution in [0.15, 0.2) is 12.4 Å². The van der Waals surface area contributed by atoms with E-state index in [1.165, 1.54) is 0 Å². The van der Waals surface area contributed by atoms with E-state index in [1.54, 1.807) is 16.9 Å². The Hall–Kier alpha value is -2.65.